The molecule has 0 N–H and O–H groups in total. The van der Waals surface area contributed by atoms with Crippen molar-refractivity contribution in [3.05, 3.63) is 87.4 Å². The number of piperazine rings is 1. The van der Waals surface area contributed by atoms with Gasteiger partial charge in [-0.1, -0.05) is 45.7 Å². The number of carbonyl (C=O) groups is 1. The number of anilines is 1. The van der Waals surface area contributed by atoms with E-state index >= 15 is 0 Å². The average molecular weight is 500 g/mol. The van der Waals surface area contributed by atoms with Gasteiger partial charge in [0.1, 0.15) is 0 Å². The number of hydrogen-bond acceptors (Lipinski definition) is 4. The first kappa shape index (κ1) is 21.9. The summed E-state index contributed by atoms with van der Waals surface area (Å²) < 4.78 is 5.87. The number of rotatable bonds is 5. The second-order valence-electron chi connectivity index (χ2n) is 7.61. The van der Waals surface area contributed by atoms with Crippen molar-refractivity contribution >= 4 is 39.2 Å². The van der Waals surface area contributed by atoms with Crippen molar-refractivity contribution in [2.45, 2.75) is 6.54 Å². The molecule has 31 heavy (non-hydrogen) atoms. The Morgan fingerprint density at radius 2 is 1.65 bits per heavy atom. The number of nitrogens with zero attached hydrogens (tertiary/aromatic N) is 2. The fourth-order valence-electron chi connectivity index (χ4n) is 3.94. The fourth-order valence-corrected chi connectivity index (χ4v) is 4.47. The lowest BCUT2D eigenvalue weighted by atomic mass is 9.99. The van der Waals surface area contributed by atoms with Gasteiger partial charge in [0.2, 0.25) is 0 Å². The van der Waals surface area contributed by atoms with Gasteiger partial charge >= 0.3 is 5.97 Å². The van der Waals surface area contributed by atoms with E-state index in [4.69, 9.17) is 16.3 Å². The molecule has 0 radical (unpaired) electrons. The first-order valence-electron chi connectivity index (χ1n) is 10.2. The van der Waals surface area contributed by atoms with Gasteiger partial charge in [-0.2, -0.15) is 0 Å². The molecule has 0 aromatic heterocycles. The maximum absolute atomic E-state index is 11.6. The molecule has 6 heteroatoms. The van der Waals surface area contributed by atoms with Gasteiger partial charge in [0.05, 0.1) is 12.7 Å². The van der Waals surface area contributed by atoms with Crippen LogP contribution in [0, 0.1) is 0 Å². The smallest absolute Gasteiger partial charge is 0.337 e. The van der Waals surface area contributed by atoms with Gasteiger partial charge in [0, 0.05) is 47.9 Å². The maximum atomic E-state index is 11.6. The Labute approximate surface area is 196 Å². The Bertz CT molecular complexity index is 1050. The second-order valence-corrected chi connectivity index (χ2v) is 8.96. The highest BCUT2D eigenvalue weighted by Crippen LogP contribution is 2.29. The zero-order valence-electron chi connectivity index (χ0n) is 17.4. The molecule has 3 aromatic carbocycles. The molecular weight excluding hydrogens is 476 g/mol. The van der Waals surface area contributed by atoms with Crippen molar-refractivity contribution in [3.63, 3.8) is 0 Å². The van der Waals surface area contributed by atoms with Gasteiger partial charge in [-0.05, 0) is 65.2 Å². The zero-order valence-corrected chi connectivity index (χ0v) is 19.7. The predicted molar refractivity (Wildman–Crippen MR) is 130 cm³/mol. The van der Waals surface area contributed by atoms with Crippen molar-refractivity contribution < 1.29 is 9.53 Å². The minimum Gasteiger partial charge on any atom is -0.465 e. The molecule has 0 spiro atoms. The van der Waals surface area contributed by atoms with E-state index < -0.39 is 0 Å². The SMILES string of the molecule is COC(=O)c1ccc(N2CCN(Cc3cc(Br)ccc3-c3ccc(Cl)cc3)CC2)cc1. The summed E-state index contributed by atoms with van der Waals surface area (Å²) in [7, 11) is 1.40. The number of benzene rings is 3. The highest BCUT2D eigenvalue weighted by Gasteiger charge is 2.19. The minimum atomic E-state index is -0.304. The molecule has 0 amide bonds. The number of halogens is 2. The molecule has 0 unspecified atom stereocenters. The summed E-state index contributed by atoms with van der Waals surface area (Å²) in [6.07, 6.45) is 0. The Morgan fingerprint density at radius 3 is 2.29 bits per heavy atom. The van der Waals surface area contributed by atoms with Gasteiger partial charge in [-0.3, -0.25) is 4.90 Å². The molecule has 0 aliphatic carbocycles. The quantitative estimate of drug-likeness (QED) is 0.411. The summed E-state index contributed by atoms with van der Waals surface area (Å²) in [5.41, 5.74) is 5.43. The van der Waals surface area contributed by atoms with Gasteiger partial charge in [-0.25, -0.2) is 4.79 Å². The van der Waals surface area contributed by atoms with E-state index in [1.165, 1.54) is 23.8 Å². The van der Waals surface area contributed by atoms with Crippen LogP contribution in [-0.4, -0.2) is 44.2 Å². The van der Waals surface area contributed by atoms with Gasteiger partial charge in [0.15, 0.2) is 0 Å². The summed E-state index contributed by atoms with van der Waals surface area (Å²) in [5.74, 6) is -0.304. The van der Waals surface area contributed by atoms with Crippen molar-refractivity contribution in [2.24, 2.45) is 0 Å². The molecule has 1 saturated heterocycles. The predicted octanol–water partition coefficient (Wildman–Crippen LogP) is 5.88. The number of hydrogen-bond donors (Lipinski definition) is 0. The number of methoxy groups -OCH3 is 1. The zero-order chi connectivity index (χ0) is 21.8. The van der Waals surface area contributed by atoms with Gasteiger partial charge < -0.3 is 9.64 Å². The molecule has 1 aliphatic rings. The molecular formula is C25H24BrClN2O2. The van der Waals surface area contributed by atoms with E-state index in [9.17, 15) is 4.79 Å². The molecule has 0 atom stereocenters. The van der Waals surface area contributed by atoms with E-state index in [-0.39, 0.29) is 5.97 Å². The van der Waals surface area contributed by atoms with Crippen LogP contribution in [0.1, 0.15) is 15.9 Å². The summed E-state index contributed by atoms with van der Waals surface area (Å²) in [4.78, 5) is 16.5. The fraction of sp³-hybridized carbons (Fsp3) is 0.240. The van der Waals surface area contributed by atoms with Crippen LogP contribution in [0.25, 0.3) is 11.1 Å². The highest BCUT2D eigenvalue weighted by molar-refractivity contribution is 9.10. The molecule has 4 rings (SSSR count). The first-order valence-corrected chi connectivity index (χ1v) is 11.4. The first-order chi connectivity index (χ1) is 15.0. The average Bonchev–Trinajstić information content (AvgIpc) is 2.80. The third-order valence-corrected chi connectivity index (χ3v) is 6.39. The largest absolute Gasteiger partial charge is 0.465 e. The van der Waals surface area contributed by atoms with Gasteiger partial charge in [-0.15, -0.1) is 0 Å². The Balaban J connectivity index is 1.43. The standard InChI is InChI=1S/C25H24BrClN2O2/c1-31-25(30)19-4-9-23(10-5-19)29-14-12-28(13-15-29)17-20-16-21(26)6-11-24(20)18-2-7-22(27)8-3-18/h2-11,16H,12-15,17H2,1H3. The molecule has 3 aromatic rings. The molecule has 1 heterocycles. The van der Waals surface area contributed by atoms with E-state index in [0.717, 1.165) is 47.9 Å². The lowest BCUT2D eigenvalue weighted by Gasteiger charge is -2.36. The van der Waals surface area contributed by atoms with Crippen LogP contribution in [0.15, 0.2) is 71.2 Å². The van der Waals surface area contributed by atoms with Crippen LogP contribution in [0.3, 0.4) is 0 Å². The molecule has 0 saturated carbocycles. The van der Waals surface area contributed by atoms with Crippen LogP contribution in [0.2, 0.25) is 5.02 Å². The van der Waals surface area contributed by atoms with Crippen LogP contribution in [-0.2, 0) is 11.3 Å². The lowest BCUT2D eigenvalue weighted by Crippen LogP contribution is -2.46. The van der Waals surface area contributed by atoms with E-state index in [1.807, 2.05) is 36.4 Å². The topological polar surface area (TPSA) is 32.8 Å². The monoisotopic (exact) mass is 498 g/mol. The number of carbonyl (C=O) groups excluding carboxylic acids is 1. The third-order valence-electron chi connectivity index (χ3n) is 5.64. The van der Waals surface area contributed by atoms with Crippen LogP contribution >= 0.6 is 27.5 Å². The maximum Gasteiger partial charge on any atom is 0.337 e. The van der Waals surface area contributed by atoms with E-state index in [1.54, 1.807) is 0 Å². The molecule has 160 valence electrons. The van der Waals surface area contributed by atoms with Crippen molar-refractivity contribution in [2.75, 3.05) is 38.2 Å². The van der Waals surface area contributed by atoms with Crippen molar-refractivity contribution in [1.82, 2.24) is 4.90 Å². The Morgan fingerprint density at radius 1 is 0.968 bits per heavy atom. The normalized spacial score (nSPS) is 14.5. The number of ether oxygens (including phenoxy) is 1. The molecule has 1 aliphatic heterocycles. The molecule has 1 fully saturated rings. The van der Waals surface area contributed by atoms with E-state index in [2.05, 4.69) is 56.1 Å². The van der Waals surface area contributed by atoms with Crippen LogP contribution < -0.4 is 4.90 Å². The molecule has 0 bridgehead atoms. The lowest BCUT2D eigenvalue weighted by molar-refractivity contribution is 0.0601. The summed E-state index contributed by atoms with van der Waals surface area (Å²) in [6, 6.07) is 22.1. The van der Waals surface area contributed by atoms with Gasteiger partial charge in [0.25, 0.3) is 0 Å². The van der Waals surface area contributed by atoms with Crippen molar-refractivity contribution in [1.29, 1.82) is 0 Å². The van der Waals surface area contributed by atoms with Crippen LogP contribution in [0.5, 0.6) is 0 Å². The third kappa shape index (κ3) is 5.29. The van der Waals surface area contributed by atoms with E-state index in [0.29, 0.717) is 5.56 Å². The van der Waals surface area contributed by atoms with Crippen molar-refractivity contribution in [3.8, 4) is 11.1 Å². The Kier molecular flexibility index (Phi) is 6.96. The second kappa shape index (κ2) is 9.86. The summed E-state index contributed by atoms with van der Waals surface area (Å²) in [5, 5.41) is 0.748. The highest BCUT2D eigenvalue weighted by atomic mass is 79.9. The minimum absolute atomic E-state index is 0.304. The number of esters is 1. The van der Waals surface area contributed by atoms with Crippen LogP contribution in [0.4, 0.5) is 5.69 Å². The summed E-state index contributed by atoms with van der Waals surface area (Å²) in [6.45, 7) is 4.74. The molecule has 4 nitrogen and oxygen atoms in total. The summed E-state index contributed by atoms with van der Waals surface area (Å²) >= 11 is 9.70. The Hall–Kier alpha value is -2.34.